The lowest BCUT2D eigenvalue weighted by atomic mass is 10.2. The van der Waals surface area contributed by atoms with E-state index in [4.69, 9.17) is 4.74 Å². The van der Waals surface area contributed by atoms with E-state index in [0.717, 1.165) is 41.8 Å². The molecule has 0 bridgehead atoms. The Balaban J connectivity index is 2.02. The molecule has 0 amide bonds. The Kier molecular flexibility index (Phi) is 4.20. The zero-order chi connectivity index (χ0) is 10.7. The number of hydrogen-bond donors (Lipinski definition) is 1. The van der Waals surface area contributed by atoms with Crippen molar-refractivity contribution in [1.82, 2.24) is 0 Å². The van der Waals surface area contributed by atoms with Gasteiger partial charge in [0.25, 0.3) is 0 Å². The Bertz CT molecular complexity index is 317. The molecule has 1 aromatic rings. The molecule has 0 unspecified atom stereocenters. The standard InChI is InChI=1S/C11H13Br2NO/c12-10-5-9(6-11(13)7-10)8-14-1-3-15-4-2-14/h5-7H,1-4,8H2/p+1. The molecule has 1 fully saturated rings. The molecule has 15 heavy (non-hydrogen) atoms. The number of halogens is 2. The quantitative estimate of drug-likeness (QED) is 0.867. The van der Waals surface area contributed by atoms with E-state index in [9.17, 15) is 0 Å². The van der Waals surface area contributed by atoms with Gasteiger partial charge in [0.2, 0.25) is 0 Å². The average molecular weight is 336 g/mol. The van der Waals surface area contributed by atoms with Crippen molar-refractivity contribution in [2.75, 3.05) is 26.3 Å². The van der Waals surface area contributed by atoms with Crippen molar-refractivity contribution in [3.05, 3.63) is 32.7 Å². The third-order valence-corrected chi connectivity index (χ3v) is 3.49. The minimum atomic E-state index is 0.893. The molecule has 0 atom stereocenters. The molecule has 0 aliphatic carbocycles. The van der Waals surface area contributed by atoms with Crippen molar-refractivity contribution in [2.45, 2.75) is 6.54 Å². The lowest BCUT2D eigenvalue weighted by Crippen LogP contribution is -3.12. The van der Waals surface area contributed by atoms with Gasteiger partial charge in [0.15, 0.2) is 0 Å². The molecular weight excluding hydrogens is 322 g/mol. The van der Waals surface area contributed by atoms with Crippen LogP contribution >= 0.6 is 31.9 Å². The summed E-state index contributed by atoms with van der Waals surface area (Å²) in [6.45, 7) is 5.10. The minimum absolute atomic E-state index is 0.893. The van der Waals surface area contributed by atoms with E-state index in [2.05, 4.69) is 50.1 Å². The van der Waals surface area contributed by atoms with Gasteiger partial charge in [0.05, 0.1) is 13.2 Å². The molecule has 0 saturated carbocycles. The van der Waals surface area contributed by atoms with E-state index in [1.54, 1.807) is 4.90 Å². The van der Waals surface area contributed by atoms with E-state index in [-0.39, 0.29) is 0 Å². The molecule has 82 valence electrons. The highest BCUT2D eigenvalue weighted by molar-refractivity contribution is 9.11. The molecule has 1 saturated heterocycles. The van der Waals surface area contributed by atoms with Gasteiger partial charge in [-0.15, -0.1) is 0 Å². The Morgan fingerprint density at radius 1 is 1.07 bits per heavy atom. The number of quaternary nitrogens is 1. The molecule has 1 N–H and O–H groups in total. The van der Waals surface area contributed by atoms with Crippen LogP contribution in [-0.4, -0.2) is 26.3 Å². The van der Waals surface area contributed by atoms with E-state index >= 15 is 0 Å². The van der Waals surface area contributed by atoms with Crippen LogP contribution in [0.15, 0.2) is 27.1 Å². The topological polar surface area (TPSA) is 13.7 Å². The van der Waals surface area contributed by atoms with Crippen molar-refractivity contribution in [2.24, 2.45) is 0 Å². The van der Waals surface area contributed by atoms with Crippen LogP contribution in [0.4, 0.5) is 0 Å². The summed E-state index contributed by atoms with van der Waals surface area (Å²) in [5.74, 6) is 0. The minimum Gasteiger partial charge on any atom is -0.370 e. The van der Waals surface area contributed by atoms with Crippen LogP contribution in [0.5, 0.6) is 0 Å². The zero-order valence-electron chi connectivity index (χ0n) is 8.43. The van der Waals surface area contributed by atoms with Crippen LogP contribution in [0.25, 0.3) is 0 Å². The summed E-state index contributed by atoms with van der Waals surface area (Å²) in [6, 6.07) is 6.44. The Hall–Kier alpha value is 0.1000. The Morgan fingerprint density at radius 2 is 1.67 bits per heavy atom. The molecule has 1 heterocycles. The molecule has 1 aliphatic heterocycles. The van der Waals surface area contributed by atoms with Gasteiger partial charge >= 0.3 is 0 Å². The first-order valence-electron chi connectivity index (χ1n) is 5.10. The zero-order valence-corrected chi connectivity index (χ0v) is 11.6. The van der Waals surface area contributed by atoms with Crippen LogP contribution in [0.2, 0.25) is 0 Å². The highest BCUT2D eigenvalue weighted by Crippen LogP contribution is 2.19. The molecular formula is C11H14Br2NO+. The fourth-order valence-electron chi connectivity index (χ4n) is 1.84. The largest absolute Gasteiger partial charge is 0.370 e. The summed E-state index contributed by atoms with van der Waals surface area (Å²) in [6.07, 6.45) is 0. The molecule has 2 rings (SSSR count). The van der Waals surface area contributed by atoms with E-state index in [1.807, 2.05) is 0 Å². The monoisotopic (exact) mass is 334 g/mol. The summed E-state index contributed by atoms with van der Waals surface area (Å²) < 4.78 is 7.62. The number of rotatable bonds is 2. The smallest absolute Gasteiger partial charge is 0.103 e. The third-order valence-electron chi connectivity index (χ3n) is 2.58. The van der Waals surface area contributed by atoms with Gasteiger partial charge in [0, 0.05) is 14.5 Å². The third kappa shape index (κ3) is 3.55. The number of nitrogens with one attached hydrogen (secondary N) is 1. The predicted octanol–water partition coefficient (Wildman–Crippen LogP) is 1.63. The SMILES string of the molecule is Brc1cc(Br)cc(C[NH+]2CCOCC2)c1. The van der Waals surface area contributed by atoms with Crippen molar-refractivity contribution < 1.29 is 9.64 Å². The first kappa shape index (κ1) is 11.6. The lowest BCUT2D eigenvalue weighted by Gasteiger charge is -2.23. The first-order chi connectivity index (χ1) is 7.24. The second kappa shape index (κ2) is 5.43. The molecule has 2 nitrogen and oxygen atoms in total. The fourth-order valence-corrected chi connectivity index (χ4v) is 3.23. The molecule has 4 heteroatoms. The van der Waals surface area contributed by atoms with Crippen molar-refractivity contribution in [3.8, 4) is 0 Å². The summed E-state index contributed by atoms with van der Waals surface area (Å²) >= 11 is 7.03. The second-order valence-corrected chi connectivity index (χ2v) is 5.65. The highest BCUT2D eigenvalue weighted by Gasteiger charge is 2.14. The summed E-state index contributed by atoms with van der Waals surface area (Å²) in [5.41, 5.74) is 1.37. The average Bonchev–Trinajstić information content (AvgIpc) is 2.17. The van der Waals surface area contributed by atoms with E-state index in [0.29, 0.717) is 0 Å². The Morgan fingerprint density at radius 3 is 2.27 bits per heavy atom. The van der Waals surface area contributed by atoms with Crippen LogP contribution in [0, 0.1) is 0 Å². The van der Waals surface area contributed by atoms with Crippen LogP contribution in [0.3, 0.4) is 0 Å². The van der Waals surface area contributed by atoms with Gasteiger partial charge < -0.3 is 9.64 Å². The predicted molar refractivity (Wildman–Crippen MR) is 67.1 cm³/mol. The van der Waals surface area contributed by atoms with Crippen LogP contribution < -0.4 is 4.90 Å². The maximum Gasteiger partial charge on any atom is 0.103 e. The molecule has 0 radical (unpaired) electrons. The van der Waals surface area contributed by atoms with Crippen molar-refractivity contribution in [3.63, 3.8) is 0 Å². The second-order valence-electron chi connectivity index (χ2n) is 3.82. The number of morpholine rings is 1. The number of ether oxygens (including phenoxy) is 1. The fraction of sp³-hybridized carbons (Fsp3) is 0.455. The number of hydrogen-bond acceptors (Lipinski definition) is 1. The van der Waals surface area contributed by atoms with Gasteiger partial charge in [0.1, 0.15) is 19.6 Å². The lowest BCUT2D eigenvalue weighted by molar-refractivity contribution is -0.921. The highest BCUT2D eigenvalue weighted by atomic mass is 79.9. The van der Waals surface area contributed by atoms with Crippen LogP contribution in [0.1, 0.15) is 5.56 Å². The van der Waals surface area contributed by atoms with Gasteiger partial charge in [-0.3, -0.25) is 0 Å². The van der Waals surface area contributed by atoms with Crippen molar-refractivity contribution >= 4 is 31.9 Å². The van der Waals surface area contributed by atoms with Gasteiger partial charge in [-0.25, -0.2) is 0 Å². The summed E-state index contributed by atoms with van der Waals surface area (Å²) in [4.78, 5) is 1.60. The first-order valence-corrected chi connectivity index (χ1v) is 6.69. The normalized spacial score (nSPS) is 18.0. The number of benzene rings is 1. The Labute approximate surface area is 107 Å². The van der Waals surface area contributed by atoms with E-state index < -0.39 is 0 Å². The van der Waals surface area contributed by atoms with Gasteiger partial charge in [-0.1, -0.05) is 31.9 Å². The molecule has 1 aromatic carbocycles. The summed E-state index contributed by atoms with van der Waals surface area (Å²) in [5, 5.41) is 0. The maximum atomic E-state index is 5.35. The van der Waals surface area contributed by atoms with Crippen LogP contribution in [-0.2, 0) is 11.3 Å². The van der Waals surface area contributed by atoms with Crippen molar-refractivity contribution in [1.29, 1.82) is 0 Å². The van der Waals surface area contributed by atoms with Gasteiger partial charge in [-0.2, -0.15) is 0 Å². The van der Waals surface area contributed by atoms with E-state index in [1.165, 1.54) is 5.56 Å². The summed E-state index contributed by atoms with van der Waals surface area (Å²) in [7, 11) is 0. The van der Waals surface area contributed by atoms with Gasteiger partial charge in [-0.05, 0) is 18.2 Å². The molecule has 1 aliphatic rings. The molecule has 0 aromatic heterocycles. The molecule has 0 spiro atoms. The maximum absolute atomic E-state index is 5.35.